The molecule has 1 N–H and O–H groups in total. The highest BCUT2D eigenvalue weighted by Gasteiger charge is 2.06. The summed E-state index contributed by atoms with van der Waals surface area (Å²) in [7, 11) is 0. The first-order valence-corrected chi connectivity index (χ1v) is 5.83. The Kier molecular flexibility index (Phi) is 3.29. The molecule has 1 heterocycles. The fourth-order valence-corrected chi connectivity index (χ4v) is 2.33. The lowest BCUT2D eigenvalue weighted by Gasteiger charge is -2.11. The van der Waals surface area contributed by atoms with Gasteiger partial charge in [-0.1, -0.05) is 15.9 Å². The molecule has 2 rings (SSSR count). The number of imidazole rings is 1. The molecule has 4 heteroatoms. The van der Waals surface area contributed by atoms with Gasteiger partial charge in [-0.15, -0.1) is 0 Å². The van der Waals surface area contributed by atoms with E-state index in [0.29, 0.717) is 6.61 Å². The summed E-state index contributed by atoms with van der Waals surface area (Å²) >= 11 is 3.47. The van der Waals surface area contributed by atoms with Gasteiger partial charge in [0, 0.05) is 4.47 Å². The van der Waals surface area contributed by atoms with Crippen LogP contribution in [0, 0.1) is 13.8 Å². The second kappa shape index (κ2) is 4.70. The molecule has 16 heavy (non-hydrogen) atoms. The Morgan fingerprint density at radius 1 is 1.31 bits per heavy atom. The minimum Gasteiger partial charge on any atom is -0.487 e. The van der Waals surface area contributed by atoms with Crippen molar-refractivity contribution in [1.29, 1.82) is 0 Å². The maximum atomic E-state index is 5.77. The number of nitrogens with one attached hydrogen (secondary N) is 1. The lowest BCUT2D eigenvalue weighted by atomic mass is 10.1. The molecule has 0 radical (unpaired) electrons. The first-order valence-electron chi connectivity index (χ1n) is 5.03. The van der Waals surface area contributed by atoms with Crippen molar-refractivity contribution in [2.75, 3.05) is 0 Å². The molecule has 0 aliphatic carbocycles. The molecule has 0 bridgehead atoms. The van der Waals surface area contributed by atoms with Gasteiger partial charge in [0.1, 0.15) is 12.4 Å². The van der Waals surface area contributed by atoms with E-state index < -0.39 is 0 Å². The summed E-state index contributed by atoms with van der Waals surface area (Å²) in [5.74, 6) is 0.942. The van der Waals surface area contributed by atoms with E-state index in [1.54, 1.807) is 12.5 Å². The first kappa shape index (κ1) is 11.2. The van der Waals surface area contributed by atoms with E-state index in [0.717, 1.165) is 27.0 Å². The van der Waals surface area contributed by atoms with E-state index in [2.05, 4.69) is 38.0 Å². The van der Waals surface area contributed by atoms with Crippen molar-refractivity contribution in [1.82, 2.24) is 9.97 Å². The fourth-order valence-electron chi connectivity index (χ4n) is 1.64. The number of benzene rings is 1. The van der Waals surface area contributed by atoms with E-state index in [1.807, 2.05) is 13.8 Å². The highest BCUT2D eigenvalue weighted by molar-refractivity contribution is 9.10. The number of aryl methyl sites for hydroxylation is 2. The van der Waals surface area contributed by atoms with Crippen LogP contribution in [0.5, 0.6) is 5.75 Å². The predicted octanol–water partition coefficient (Wildman–Crippen LogP) is 3.37. The van der Waals surface area contributed by atoms with E-state index >= 15 is 0 Å². The number of hydrogen-bond donors (Lipinski definition) is 1. The number of halogens is 1. The van der Waals surface area contributed by atoms with Gasteiger partial charge in [0.05, 0.1) is 18.2 Å². The maximum absolute atomic E-state index is 5.77. The highest BCUT2D eigenvalue weighted by Crippen LogP contribution is 2.27. The molecular formula is C12H13BrN2O. The average Bonchev–Trinajstić information content (AvgIpc) is 2.68. The van der Waals surface area contributed by atoms with Crippen LogP contribution in [-0.2, 0) is 6.61 Å². The normalized spacial score (nSPS) is 10.4. The molecule has 0 fully saturated rings. The lowest BCUT2D eigenvalue weighted by Crippen LogP contribution is -1.99. The van der Waals surface area contributed by atoms with Crippen LogP contribution in [0.15, 0.2) is 29.1 Å². The van der Waals surface area contributed by atoms with Crippen LogP contribution in [0.1, 0.15) is 16.8 Å². The van der Waals surface area contributed by atoms with Gasteiger partial charge in [-0.05, 0) is 37.1 Å². The van der Waals surface area contributed by atoms with Crippen LogP contribution in [0.25, 0.3) is 0 Å². The zero-order chi connectivity index (χ0) is 11.5. The number of rotatable bonds is 3. The zero-order valence-corrected chi connectivity index (χ0v) is 10.8. The van der Waals surface area contributed by atoms with Crippen molar-refractivity contribution in [3.8, 4) is 5.75 Å². The summed E-state index contributed by atoms with van der Waals surface area (Å²) in [5.41, 5.74) is 3.24. The van der Waals surface area contributed by atoms with Crippen LogP contribution in [0.3, 0.4) is 0 Å². The number of nitrogens with zero attached hydrogens (tertiary/aromatic N) is 1. The quantitative estimate of drug-likeness (QED) is 0.936. The molecule has 0 unspecified atom stereocenters. The van der Waals surface area contributed by atoms with Gasteiger partial charge in [0.2, 0.25) is 0 Å². The average molecular weight is 281 g/mol. The summed E-state index contributed by atoms with van der Waals surface area (Å²) in [6, 6.07) is 4.10. The van der Waals surface area contributed by atoms with Crippen molar-refractivity contribution >= 4 is 15.9 Å². The van der Waals surface area contributed by atoms with Crippen molar-refractivity contribution in [2.24, 2.45) is 0 Å². The molecule has 0 aliphatic rings. The van der Waals surface area contributed by atoms with Gasteiger partial charge >= 0.3 is 0 Å². The Bertz CT molecular complexity index is 457. The Balaban J connectivity index is 2.15. The standard InChI is InChI=1S/C12H13BrN2O/c1-8-3-10(13)4-9(2)12(8)16-6-11-5-14-7-15-11/h3-5,7H,6H2,1-2H3,(H,14,15). The van der Waals surface area contributed by atoms with Gasteiger partial charge in [-0.2, -0.15) is 0 Å². The van der Waals surface area contributed by atoms with Crippen LogP contribution in [-0.4, -0.2) is 9.97 Å². The second-order valence-electron chi connectivity index (χ2n) is 3.73. The monoisotopic (exact) mass is 280 g/mol. The molecule has 3 nitrogen and oxygen atoms in total. The third kappa shape index (κ3) is 2.44. The number of hydrogen-bond acceptors (Lipinski definition) is 2. The van der Waals surface area contributed by atoms with E-state index in [1.165, 1.54) is 0 Å². The minimum atomic E-state index is 0.517. The molecule has 2 aromatic rings. The summed E-state index contributed by atoms with van der Waals surface area (Å²) in [6.07, 6.45) is 3.42. The predicted molar refractivity (Wildman–Crippen MR) is 66.5 cm³/mol. The van der Waals surface area contributed by atoms with Crippen LogP contribution in [0.2, 0.25) is 0 Å². The first-order chi connectivity index (χ1) is 7.66. The van der Waals surface area contributed by atoms with Gasteiger partial charge in [-0.25, -0.2) is 4.98 Å². The SMILES string of the molecule is Cc1cc(Br)cc(C)c1OCc1cnc[nH]1. The summed E-state index contributed by atoms with van der Waals surface area (Å²) < 4.78 is 6.85. The van der Waals surface area contributed by atoms with Crippen molar-refractivity contribution in [3.63, 3.8) is 0 Å². The molecule has 0 aliphatic heterocycles. The third-order valence-electron chi connectivity index (χ3n) is 2.35. The lowest BCUT2D eigenvalue weighted by molar-refractivity contribution is 0.297. The molecule has 0 saturated carbocycles. The number of H-pyrrole nitrogens is 1. The molecular weight excluding hydrogens is 268 g/mol. The molecule has 0 spiro atoms. The minimum absolute atomic E-state index is 0.517. The van der Waals surface area contributed by atoms with E-state index in [-0.39, 0.29) is 0 Å². The largest absolute Gasteiger partial charge is 0.487 e. The molecule has 1 aromatic carbocycles. The van der Waals surface area contributed by atoms with E-state index in [9.17, 15) is 0 Å². The van der Waals surface area contributed by atoms with Crippen LogP contribution >= 0.6 is 15.9 Å². The van der Waals surface area contributed by atoms with E-state index in [4.69, 9.17) is 4.74 Å². The molecule has 0 saturated heterocycles. The Hall–Kier alpha value is -1.29. The van der Waals surface area contributed by atoms with Gasteiger partial charge in [-0.3, -0.25) is 0 Å². The number of aromatic amines is 1. The topological polar surface area (TPSA) is 37.9 Å². The molecule has 0 atom stereocenters. The second-order valence-corrected chi connectivity index (χ2v) is 4.65. The number of aromatic nitrogens is 2. The van der Waals surface area contributed by atoms with Crippen LogP contribution in [0.4, 0.5) is 0 Å². The summed E-state index contributed by atoms with van der Waals surface area (Å²) in [5, 5.41) is 0. The highest BCUT2D eigenvalue weighted by atomic mass is 79.9. The molecule has 0 amide bonds. The molecule has 84 valence electrons. The van der Waals surface area contributed by atoms with Crippen LogP contribution < -0.4 is 4.74 Å². The fraction of sp³-hybridized carbons (Fsp3) is 0.250. The Morgan fingerprint density at radius 3 is 2.56 bits per heavy atom. The van der Waals surface area contributed by atoms with Crippen molar-refractivity contribution < 1.29 is 4.74 Å². The molecule has 1 aromatic heterocycles. The third-order valence-corrected chi connectivity index (χ3v) is 2.81. The Labute approximate surface area is 103 Å². The van der Waals surface area contributed by atoms with Gasteiger partial charge < -0.3 is 9.72 Å². The Morgan fingerprint density at radius 2 is 2.00 bits per heavy atom. The zero-order valence-electron chi connectivity index (χ0n) is 9.25. The van der Waals surface area contributed by atoms with Crippen molar-refractivity contribution in [3.05, 3.63) is 46.0 Å². The smallest absolute Gasteiger partial charge is 0.130 e. The summed E-state index contributed by atoms with van der Waals surface area (Å²) in [4.78, 5) is 6.96. The maximum Gasteiger partial charge on any atom is 0.130 e. The summed E-state index contributed by atoms with van der Waals surface area (Å²) in [6.45, 7) is 4.60. The van der Waals surface area contributed by atoms with Gasteiger partial charge in [0.15, 0.2) is 0 Å². The van der Waals surface area contributed by atoms with Gasteiger partial charge in [0.25, 0.3) is 0 Å². The van der Waals surface area contributed by atoms with Crippen molar-refractivity contribution in [2.45, 2.75) is 20.5 Å². The number of ether oxygens (including phenoxy) is 1.